The van der Waals surface area contributed by atoms with Crippen LogP contribution in [-0.4, -0.2) is 50.6 Å². The smallest absolute Gasteiger partial charge is 0.373 e. The van der Waals surface area contributed by atoms with Crippen molar-refractivity contribution in [3.05, 3.63) is 47.5 Å². The molecular formula is C19H21F4N3O2. The Morgan fingerprint density at radius 1 is 1.21 bits per heavy atom. The first-order chi connectivity index (χ1) is 13.0. The third-order valence-corrected chi connectivity index (χ3v) is 5.17. The van der Waals surface area contributed by atoms with Gasteiger partial charge in [0, 0.05) is 30.9 Å². The highest BCUT2D eigenvalue weighted by molar-refractivity contribution is 5.85. The molecule has 1 atom stereocenters. The van der Waals surface area contributed by atoms with E-state index in [1.807, 2.05) is 0 Å². The zero-order valence-corrected chi connectivity index (χ0v) is 15.5. The van der Waals surface area contributed by atoms with Crippen LogP contribution in [0.2, 0.25) is 0 Å². The molecule has 3 rings (SSSR count). The van der Waals surface area contributed by atoms with Crippen molar-refractivity contribution in [2.24, 2.45) is 0 Å². The van der Waals surface area contributed by atoms with Crippen LogP contribution >= 0.6 is 0 Å². The highest BCUT2D eigenvalue weighted by Crippen LogP contribution is 2.35. The molecule has 0 saturated carbocycles. The topological polar surface area (TPSA) is 58.4 Å². The number of aromatic nitrogens is 2. The first kappa shape index (κ1) is 20.3. The van der Waals surface area contributed by atoms with Crippen LogP contribution < -0.4 is 0 Å². The monoisotopic (exact) mass is 399 g/mol. The van der Waals surface area contributed by atoms with E-state index in [1.54, 1.807) is 31.3 Å². The fraction of sp³-hybridized carbons (Fsp3) is 0.474. The van der Waals surface area contributed by atoms with E-state index < -0.39 is 23.5 Å². The van der Waals surface area contributed by atoms with Gasteiger partial charge in [-0.15, -0.1) is 0 Å². The summed E-state index contributed by atoms with van der Waals surface area (Å²) in [7, 11) is 0. The van der Waals surface area contributed by atoms with Gasteiger partial charge in [0.25, 0.3) is 5.91 Å². The number of likely N-dealkylation sites (tertiary alicyclic amines) is 1. The highest BCUT2D eigenvalue weighted by Gasteiger charge is 2.57. The van der Waals surface area contributed by atoms with Crippen molar-refractivity contribution in [3.63, 3.8) is 0 Å². The molecule has 0 spiro atoms. The minimum atomic E-state index is -5.04. The molecule has 1 aliphatic rings. The minimum absolute atomic E-state index is 0.0668. The summed E-state index contributed by atoms with van der Waals surface area (Å²) in [6, 6.07) is 6.54. The molecule has 2 aromatic rings. The van der Waals surface area contributed by atoms with E-state index in [1.165, 1.54) is 10.7 Å². The SMILES string of the molecule is Cc1ccc(-n2nccc2C2CCN(C(=O)C(C)(O)C(F)(F)F)CC2)c(F)c1. The van der Waals surface area contributed by atoms with Crippen LogP contribution in [0.5, 0.6) is 0 Å². The van der Waals surface area contributed by atoms with Crippen LogP contribution in [0, 0.1) is 12.7 Å². The van der Waals surface area contributed by atoms with E-state index in [0.29, 0.717) is 25.5 Å². The second kappa shape index (κ2) is 7.20. The Labute approximate surface area is 159 Å². The van der Waals surface area contributed by atoms with Gasteiger partial charge in [-0.1, -0.05) is 6.07 Å². The highest BCUT2D eigenvalue weighted by atomic mass is 19.4. The van der Waals surface area contributed by atoms with Crippen molar-refractivity contribution in [1.29, 1.82) is 0 Å². The Balaban J connectivity index is 1.75. The van der Waals surface area contributed by atoms with Crippen LogP contribution in [0.25, 0.3) is 5.69 Å². The van der Waals surface area contributed by atoms with E-state index in [2.05, 4.69) is 5.10 Å². The molecule has 1 unspecified atom stereocenters. The molecule has 9 heteroatoms. The molecule has 0 radical (unpaired) electrons. The van der Waals surface area contributed by atoms with Crippen molar-refractivity contribution >= 4 is 5.91 Å². The van der Waals surface area contributed by atoms with Crippen molar-refractivity contribution in [1.82, 2.24) is 14.7 Å². The van der Waals surface area contributed by atoms with Crippen molar-refractivity contribution in [2.75, 3.05) is 13.1 Å². The molecule has 5 nitrogen and oxygen atoms in total. The average Bonchev–Trinajstić information content (AvgIpc) is 3.09. The molecule has 0 aliphatic carbocycles. The normalized spacial score (nSPS) is 18.2. The molecule has 1 aromatic heterocycles. The van der Waals surface area contributed by atoms with E-state index >= 15 is 0 Å². The molecule has 152 valence electrons. The number of amides is 1. The fourth-order valence-electron chi connectivity index (χ4n) is 3.42. The van der Waals surface area contributed by atoms with Crippen LogP contribution in [0.1, 0.15) is 36.9 Å². The van der Waals surface area contributed by atoms with Gasteiger partial charge in [-0.25, -0.2) is 9.07 Å². The van der Waals surface area contributed by atoms with Crippen molar-refractivity contribution in [2.45, 2.75) is 44.4 Å². The lowest BCUT2D eigenvalue weighted by Crippen LogP contribution is -2.57. The number of hydrogen-bond acceptors (Lipinski definition) is 3. The number of carbonyl (C=O) groups excluding carboxylic acids is 1. The van der Waals surface area contributed by atoms with Crippen molar-refractivity contribution in [3.8, 4) is 5.69 Å². The number of hydrogen-bond donors (Lipinski definition) is 1. The van der Waals surface area contributed by atoms with Gasteiger partial charge in [0.05, 0.1) is 0 Å². The number of halogens is 4. The predicted octanol–water partition coefficient (Wildman–Crippen LogP) is 3.34. The lowest BCUT2D eigenvalue weighted by molar-refractivity contribution is -0.250. The van der Waals surface area contributed by atoms with Gasteiger partial charge >= 0.3 is 6.18 Å². The summed E-state index contributed by atoms with van der Waals surface area (Å²) in [6.07, 6.45) is -2.72. The Morgan fingerprint density at radius 2 is 1.86 bits per heavy atom. The van der Waals surface area contributed by atoms with Crippen LogP contribution in [0.3, 0.4) is 0 Å². The largest absolute Gasteiger partial charge is 0.426 e. The summed E-state index contributed by atoms with van der Waals surface area (Å²) in [5.41, 5.74) is -1.60. The molecule has 2 heterocycles. The zero-order valence-electron chi connectivity index (χ0n) is 15.5. The van der Waals surface area contributed by atoms with Gasteiger partial charge in [0.2, 0.25) is 5.60 Å². The van der Waals surface area contributed by atoms with Crippen LogP contribution in [0.15, 0.2) is 30.5 Å². The van der Waals surface area contributed by atoms with Crippen LogP contribution in [0.4, 0.5) is 17.6 Å². The molecule has 1 aliphatic heterocycles. The Hall–Kier alpha value is -2.42. The van der Waals surface area contributed by atoms with E-state index in [4.69, 9.17) is 0 Å². The Bertz CT molecular complexity index is 868. The molecule has 1 N–H and O–H groups in total. The zero-order chi connectivity index (χ0) is 20.7. The number of benzene rings is 1. The maximum absolute atomic E-state index is 14.3. The minimum Gasteiger partial charge on any atom is -0.373 e. The number of carbonyl (C=O) groups is 1. The molecule has 0 bridgehead atoms. The van der Waals surface area contributed by atoms with Crippen LogP contribution in [-0.2, 0) is 4.79 Å². The molecule has 1 saturated heterocycles. The van der Waals surface area contributed by atoms with Gasteiger partial charge in [-0.2, -0.15) is 18.3 Å². The first-order valence-corrected chi connectivity index (χ1v) is 8.91. The number of nitrogens with zero attached hydrogens (tertiary/aromatic N) is 3. The van der Waals surface area contributed by atoms with Gasteiger partial charge in [-0.3, -0.25) is 4.79 Å². The van der Waals surface area contributed by atoms with Crippen molar-refractivity contribution < 1.29 is 27.5 Å². The number of rotatable bonds is 3. The van der Waals surface area contributed by atoms with Gasteiger partial charge in [0.1, 0.15) is 11.5 Å². The van der Waals surface area contributed by atoms with E-state index in [9.17, 15) is 27.5 Å². The third-order valence-electron chi connectivity index (χ3n) is 5.17. The maximum Gasteiger partial charge on any atom is 0.426 e. The van der Waals surface area contributed by atoms with Gasteiger partial charge < -0.3 is 10.0 Å². The Kier molecular flexibility index (Phi) is 5.22. The molecule has 1 amide bonds. The fourth-order valence-corrected chi connectivity index (χ4v) is 3.42. The summed E-state index contributed by atoms with van der Waals surface area (Å²) in [4.78, 5) is 13.1. The molecule has 28 heavy (non-hydrogen) atoms. The lowest BCUT2D eigenvalue weighted by Gasteiger charge is -2.36. The summed E-state index contributed by atoms with van der Waals surface area (Å²) in [5, 5.41) is 13.8. The third kappa shape index (κ3) is 3.63. The maximum atomic E-state index is 14.3. The number of piperidine rings is 1. The molecular weight excluding hydrogens is 378 g/mol. The first-order valence-electron chi connectivity index (χ1n) is 8.91. The van der Waals surface area contributed by atoms with Gasteiger partial charge in [-0.05, 0) is 50.5 Å². The quantitative estimate of drug-likeness (QED) is 0.806. The summed E-state index contributed by atoms with van der Waals surface area (Å²) < 4.78 is 54.5. The average molecular weight is 399 g/mol. The number of aliphatic hydroxyl groups is 1. The molecule has 1 fully saturated rings. The Morgan fingerprint density at radius 3 is 2.43 bits per heavy atom. The summed E-state index contributed by atoms with van der Waals surface area (Å²) in [6.45, 7) is 2.38. The molecule has 1 aromatic carbocycles. The van der Waals surface area contributed by atoms with E-state index in [-0.39, 0.29) is 19.0 Å². The second-order valence-electron chi connectivity index (χ2n) is 7.26. The number of alkyl halides is 3. The standard InChI is InChI=1S/C19H21F4N3O2/c1-12-3-4-16(14(20)11-12)26-15(5-8-24-26)13-6-9-25(10-7-13)17(27)18(2,28)19(21,22)23/h3-5,8,11,13,28H,6-7,9-10H2,1-2H3. The summed E-state index contributed by atoms with van der Waals surface area (Å²) >= 11 is 0. The number of aryl methyl sites for hydroxylation is 1. The summed E-state index contributed by atoms with van der Waals surface area (Å²) in [5.74, 6) is -1.86. The van der Waals surface area contributed by atoms with E-state index in [0.717, 1.165) is 16.2 Å². The second-order valence-corrected chi connectivity index (χ2v) is 7.26. The van der Waals surface area contributed by atoms with Gasteiger partial charge in [0.15, 0.2) is 0 Å². The predicted molar refractivity (Wildman–Crippen MR) is 93.5 cm³/mol. The lowest BCUT2D eigenvalue weighted by atomic mass is 9.92.